The third-order valence-corrected chi connectivity index (χ3v) is 5.56. The monoisotopic (exact) mass is 525 g/mol. The van der Waals surface area contributed by atoms with E-state index in [1.807, 2.05) is 0 Å². The molecule has 0 aliphatic heterocycles. The van der Waals surface area contributed by atoms with Crippen LogP contribution < -0.4 is 15.8 Å². The predicted molar refractivity (Wildman–Crippen MR) is 131 cm³/mol. The van der Waals surface area contributed by atoms with Crippen LogP contribution in [0.25, 0.3) is 0 Å². The molecule has 1 unspecified atom stereocenters. The summed E-state index contributed by atoms with van der Waals surface area (Å²) in [6.07, 6.45) is 0.314. The van der Waals surface area contributed by atoms with Gasteiger partial charge in [-0.05, 0) is 55.3 Å². The van der Waals surface area contributed by atoms with Crippen molar-refractivity contribution in [2.24, 2.45) is 5.73 Å². The molecule has 3 N–H and O–H groups in total. The van der Waals surface area contributed by atoms with Crippen molar-refractivity contribution in [3.8, 4) is 5.75 Å². The smallest absolute Gasteiger partial charge is 0.328 e. The number of halogens is 2. The van der Waals surface area contributed by atoms with Gasteiger partial charge in [0.25, 0.3) is 11.8 Å². The van der Waals surface area contributed by atoms with Crippen molar-refractivity contribution in [3.05, 3.63) is 94.8 Å². The molecule has 0 radical (unpaired) electrons. The molecule has 0 aliphatic rings. The van der Waals surface area contributed by atoms with Crippen molar-refractivity contribution in [1.82, 2.24) is 10.3 Å². The number of primary amides is 1. The molecule has 1 aromatic heterocycles. The molecule has 38 heavy (non-hydrogen) atoms. The van der Waals surface area contributed by atoms with Crippen LogP contribution in [0.1, 0.15) is 58.7 Å². The highest BCUT2D eigenvalue weighted by atomic mass is 19.1. The molecule has 0 aliphatic carbocycles. The summed E-state index contributed by atoms with van der Waals surface area (Å²) in [5.41, 5.74) is 5.86. The van der Waals surface area contributed by atoms with Crippen molar-refractivity contribution < 1.29 is 37.4 Å². The zero-order valence-corrected chi connectivity index (χ0v) is 20.7. The zero-order valence-electron chi connectivity index (χ0n) is 20.7. The molecule has 3 aromatic rings. The summed E-state index contributed by atoms with van der Waals surface area (Å²) in [6.45, 7) is 4.04. The minimum Gasteiger partial charge on any atom is -0.460 e. The van der Waals surface area contributed by atoms with Gasteiger partial charge in [0, 0.05) is 19.0 Å². The van der Waals surface area contributed by atoms with E-state index in [9.17, 15) is 28.0 Å². The fraction of sp³-hybridized carbons (Fsp3) is 0.222. The summed E-state index contributed by atoms with van der Waals surface area (Å²) >= 11 is 0. The number of hydrogen-bond acceptors (Lipinski definition) is 7. The Bertz CT molecular complexity index is 1300. The highest BCUT2D eigenvalue weighted by Gasteiger charge is 2.29. The van der Waals surface area contributed by atoms with Gasteiger partial charge in [0.15, 0.2) is 11.4 Å². The van der Waals surface area contributed by atoms with Gasteiger partial charge in [0.1, 0.15) is 23.8 Å². The van der Waals surface area contributed by atoms with Crippen LogP contribution in [-0.4, -0.2) is 40.9 Å². The molecule has 0 saturated heterocycles. The summed E-state index contributed by atoms with van der Waals surface area (Å²) in [7, 11) is 0. The molecule has 1 heterocycles. The maximum atomic E-state index is 13.5. The number of carbonyl (C=O) groups excluding carboxylic acids is 4. The fourth-order valence-electron chi connectivity index (χ4n) is 3.80. The minimum atomic E-state index is -1.20. The second kappa shape index (κ2) is 12.0. The van der Waals surface area contributed by atoms with E-state index in [0.717, 1.165) is 13.1 Å². The molecule has 198 valence electrons. The van der Waals surface area contributed by atoms with Crippen LogP contribution in [0.4, 0.5) is 8.78 Å². The van der Waals surface area contributed by atoms with Gasteiger partial charge in [0.2, 0.25) is 0 Å². The van der Waals surface area contributed by atoms with E-state index < -0.39 is 64.9 Å². The number of nitrogens with two attached hydrogens (primary N) is 1. The summed E-state index contributed by atoms with van der Waals surface area (Å²) in [5, 5.41) is 2.40. The lowest BCUT2D eigenvalue weighted by Gasteiger charge is -2.26. The van der Waals surface area contributed by atoms with Crippen LogP contribution in [0.15, 0.2) is 60.8 Å². The first kappa shape index (κ1) is 27.9. The number of esters is 2. The van der Waals surface area contributed by atoms with Gasteiger partial charge in [-0.3, -0.25) is 14.4 Å². The number of amides is 2. The van der Waals surface area contributed by atoms with Crippen LogP contribution in [0, 0.1) is 11.6 Å². The van der Waals surface area contributed by atoms with E-state index in [1.165, 1.54) is 61.5 Å². The Morgan fingerprint density at radius 1 is 0.895 bits per heavy atom. The average Bonchev–Trinajstić information content (AvgIpc) is 2.86. The predicted octanol–water partition coefficient (Wildman–Crippen LogP) is 3.27. The summed E-state index contributed by atoms with van der Waals surface area (Å²) in [5.74, 6) is -5.42. The van der Waals surface area contributed by atoms with Gasteiger partial charge in [-0.2, -0.15) is 0 Å². The molecule has 11 heteroatoms. The maximum absolute atomic E-state index is 13.5. The summed E-state index contributed by atoms with van der Waals surface area (Å²) in [4.78, 5) is 52.8. The topological polar surface area (TPSA) is 138 Å². The number of carbonyl (C=O) groups is 4. The van der Waals surface area contributed by atoms with E-state index in [2.05, 4.69) is 10.3 Å². The number of pyridine rings is 1. The summed E-state index contributed by atoms with van der Waals surface area (Å²) in [6, 6.07) is 11.2. The lowest BCUT2D eigenvalue weighted by Crippen LogP contribution is -2.42. The van der Waals surface area contributed by atoms with Crippen LogP contribution in [0.3, 0.4) is 0 Å². The molecular weight excluding hydrogens is 500 g/mol. The van der Waals surface area contributed by atoms with Gasteiger partial charge in [-0.25, -0.2) is 18.6 Å². The Labute approximate surface area is 217 Å². The first-order valence-corrected chi connectivity index (χ1v) is 11.5. The molecule has 0 bridgehead atoms. The SMILES string of the molecule is CC(=O)Oc1c(C(N)=O)ccnc1C(=O)N[C@@H](C)C(=O)OC(C)C(c1ccc(F)cc1)c1ccc(F)cc1. The van der Waals surface area contributed by atoms with Crippen LogP contribution in [-0.2, 0) is 14.3 Å². The maximum Gasteiger partial charge on any atom is 0.328 e. The van der Waals surface area contributed by atoms with Gasteiger partial charge < -0.3 is 20.5 Å². The molecular formula is C27H25F2N3O6. The number of hydrogen-bond donors (Lipinski definition) is 2. The second-order valence-electron chi connectivity index (χ2n) is 8.41. The highest BCUT2D eigenvalue weighted by Crippen LogP contribution is 2.30. The molecule has 2 atom stereocenters. The number of nitrogens with zero attached hydrogens (tertiary/aromatic N) is 1. The summed E-state index contributed by atoms with van der Waals surface area (Å²) < 4.78 is 37.6. The van der Waals surface area contributed by atoms with Crippen molar-refractivity contribution in [3.63, 3.8) is 0 Å². The number of rotatable bonds is 9. The van der Waals surface area contributed by atoms with Crippen LogP contribution in [0.2, 0.25) is 0 Å². The Morgan fingerprint density at radius 3 is 1.89 bits per heavy atom. The lowest BCUT2D eigenvalue weighted by molar-refractivity contribution is -0.150. The third-order valence-electron chi connectivity index (χ3n) is 5.56. The second-order valence-corrected chi connectivity index (χ2v) is 8.41. The lowest BCUT2D eigenvalue weighted by atomic mass is 9.87. The number of ether oxygens (including phenoxy) is 2. The molecule has 2 aromatic carbocycles. The Hall–Kier alpha value is -4.67. The molecule has 2 amide bonds. The fourth-order valence-corrected chi connectivity index (χ4v) is 3.80. The first-order chi connectivity index (χ1) is 18.0. The van der Waals surface area contributed by atoms with E-state index in [0.29, 0.717) is 11.1 Å². The van der Waals surface area contributed by atoms with E-state index in [4.69, 9.17) is 15.2 Å². The quantitative estimate of drug-likeness (QED) is 0.409. The van der Waals surface area contributed by atoms with E-state index in [-0.39, 0.29) is 5.56 Å². The van der Waals surface area contributed by atoms with Crippen molar-refractivity contribution in [2.75, 3.05) is 0 Å². The standard InChI is InChI=1S/C27H25F2N3O6/c1-14(32-26(35)23-24(38-16(3)33)21(25(30)34)12-13-31-23)27(36)37-15(2)22(17-4-8-19(28)9-5-17)18-6-10-20(29)11-7-18/h4-15,22H,1-3H3,(H2,30,34)(H,32,35)/t14-,15?/m0/s1. The van der Waals surface area contributed by atoms with E-state index in [1.54, 1.807) is 6.92 Å². The van der Waals surface area contributed by atoms with Gasteiger partial charge in [-0.15, -0.1) is 0 Å². The number of nitrogens with one attached hydrogen (secondary N) is 1. The van der Waals surface area contributed by atoms with Crippen molar-refractivity contribution >= 4 is 23.8 Å². The molecule has 9 nitrogen and oxygen atoms in total. The van der Waals surface area contributed by atoms with E-state index >= 15 is 0 Å². The molecule has 3 rings (SSSR count). The van der Waals surface area contributed by atoms with Crippen LogP contribution in [0.5, 0.6) is 5.75 Å². The Morgan fingerprint density at radius 2 is 1.42 bits per heavy atom. The van der Waals surface area contributed by atoms with Gasteiger partial charge in [0.05, 0.1) is 5.56 Å². The Balaban J connectivity index is 1.80. The number of aromatic nitrogens is 1. The number of benzene rings is 2. The average molecular weight is 526 g/mol. The first-order valence-electron chi connectivity index (χ1n) is 11.5. The third kappa shape index (κ3) is 6.75. The Kier molecular flexibility index (Phi) is 8.85. The molecule has 0 spiro atoms. The van der Waals surface area contributed by atoms with Gasteiger partial charge >= 0.3 is 11.9 Å². The zero-order chi connectivity index (χ0) is 28.0. The molecule has 0 fully saturated rings. The van der Waals surface area contributed by atoms with Crippen molar-refractivity contribution in [2.45, 2.75) is 38.8 Å². The normalized spacial score (nSPS) is 12.4. The van der Waals surface area contributed by atoms with Gasteiger partial charge in [-0.1, -0.05) is 24.3 Å². The minimum absolute atomic E-state index is 0.245. The van der Waals surface area contributed by atoms with Crippen molar-refractivity contribution in [1.29, 1.82) is 0 Å². The largest absolute Gasteiger partial charge is 0.460 e. The highest BCUT2D eigenvalue weighted by molar-refractivity contribution is 6.03. The molecule has 0 saturated carbocycles. The van der Waals surface area contributed by atoms with Crippen LogP contribution >= 0.6 is 0 Å².